The molecule has 4 fully saturated rings. The van der Waals surface area contributed by atoms with E-state index in [1.54, 1.807) is 0 Å². The van der Waals surface area contributed by atoms with Crippen molar-refractivity contribution in [3.8, 4) is 22.5 Å². The van der Waals surface area contributed by atoms with Crippen molar-refractivity contribution in [2.24, 2.45) is 22.7 Å². The number of rotatable bonds is 4. The molecule has 28 heavy (non-hydrogen) atoms. The molecule has 0 amide bonds. The molecule has 142 valence electrons. The zero-order valence-electron chi connectivity index (χ0n) is 15.8. The van der Waals surface area contributed by atoms with Gasteiger partial charge in [-0.2, -0.15) is 0 Å². The Morgan fingerprint density at radius 3 is 2.46 bits per heavy atom. The van der Waals surface area contributed by atoms with Gasteiger partial charge in [-0.1, -0.05) is 23.7 Å². The summed E-state index contributed by atoms with van der Waals surface area (Å²) in [4.78, 5) is 12.1. The molecule has 3 aromatic rings. The van der Waals surface area contributed by atoms with Gasteiger partial charge in [-0.15, -0.1) is 0 Å². The Balaban J connectivity index is 1.39. The van der Waals surface area contributed by atoms with Gasteiger partial charge in [0.2, 0.25) is 0 Å². The number of H-pyrrole nitrogens is 2. The zero-order chi connectivity index (χ0) is 18.7. The maximum atomic E-state index is 6.11. The first-order valence-corrected chi connectivity index (χ1v) is 10.7. The molecule has 0 spiro atoms. The number of aromatic nitrogens is 2. The Morgan fingerprint density at radius 2 is 1.79 bits per heavy atom. The van der Waals surface area contributed by atoms with Crippen LogP contribution in [0.15, 0.2) is 53.7 Å². The fraction of sp³-hybridized carbons (Fsp3) is 0.375. The number of halogens is 1. The standard InChI is InChI=1S/C24H24ClN3/c25-19-5-3-16(4-6-19)20-10-22(21-2-1-7-26-21)28-23(20)14-27-24-11-15-8-17(12-24)18(9-15)13-24/h1-7,10,14-15,17-18,26,28H,8-9,11-13H2. The van der Waals surface area contributed by atoms with Crippen LogP contribution in [0.4, 0.5) is 0 Å². The van der Waals surface area contributed by atoms with Crippen LogP contribution >= 0.6 is 11.6 Å². The quantitative estimate of drug-likeness (QED) is 0.490. The summed E-state index contributed by atoms with van der Waals surface area (Å²) in [5.74, 6) is 2.79. The maximum Gasteiger partial charge on any atom is 0.0646 e. The van der Waals surface area contributed by atoms with Crippen molar-refractivity contribution in [1.29, 1.82) is 0 Å². The third-order valence-electron chi connectivity index (χ3n) is 7.25. The van der Waals surface area contributed by atoms with Gasteiger partial charge in [0.1, 0.15) is 0 Å². The van der Waals surface area contributed by atoms with Gasteiger partial charge in [0.15, 0.2) is 0 Å². The highest BCUT2D eigenvalue weighted by Crippen LogP contribution is 2.61. The SMILES string of the molecule is Clc1ccc(-c2cc(-c3ccc[nH]3)[nH]c2C=NC23CC4CC(C2)C(C4)C3)cc1. The summed E-state index contributed by atoms with van der Waals surface area (Å²) < 4.78 is 0. The Hall–Kier alpha value is -2.26. The molecule has 2 atom stereocenters. The number of hydrogen-bond acceptors (Lipinski definition) is 1. The van der Waals surface area contributed by atoms with E-state index in [0.29, 0.717) is 0 Å². The highest BCUT2D eigenvalue weighted by atomic mass is 35.5. The van der Waals surface area contributed by atoms with E-state index >= 15 is 0 Å². The number of nitrogens with one attached hydrogen (secondary N) is 2. The second-order valence-corrected chi connectivity index (χ2v) is 9.49. The molecule has 0 radical (unpaired) electrons. The van der Waals surface area contributed by atoms with Gasteiger partial charge in [0.05, 0.1) is 22.6 Å². The summed E-state index contributed by atoms with van der Waals surface area (Å²) in [6.07, 6.45) is 10.9. The van der Waals surface area contributed by atoms with Crippen LogP contribution in [0.2, 0.25) is 5.02 Å². The van der Waals surface area contributed by atoms with E-state index in [-0.39, 0.29) is 5.54 Å². The molecule has 0 saturated heterocycles. The van der Waals surface area contributed by atoms with Crippen LogP contribution < -0.4 is 0 Å². The molecule has 3 nitrogen and oxygen atoms in total. The lowest BCUT2D eigenvalue weighted by atomic mass is 9.76. The van der Waals surface area contributed by atoms with Crippen molar-refractivity contribution in [2.75, 3.05) is 0 Å². The molecule has 0 aliphatic heterocycles. The van der Waals surface area contributed by atoms with E-state index in [0.717, 1.165) is 45.4 Å². The first kappa shape index (κ1) is 16.7. The number of nitrogens with zero attached hydrogens (tertiary/aromatic N) is 1. The molecule has 4 saturated carbocycles. The number of aromatic amines is 2. The minimum atomic E-state index is 0.200. The summed E-state index contributed by atoms with van der Waals surface area (Å²) in [5, 5.41) is 0.761. The smallest absolute Gasteiger partial charge is 0.0646 e. The molecule has 7 rings (SSSR count). The van der Waals surface area contributed by atoms with Crippen LogP contribution in [0, 0.1) is 17.8 Å². The van der Waals surface area contributed by atoms with Gasteiger partial charge in [-0.05, 0) is 85.8 Å². The first-order valence-electron chi connectivity index (χ1n) is 10.4. The lowest BCUT2D eigenvalue weighted by Crippen LogP contribution is -2.32. The summed E-state index contributed by atoms with van der Waals surface area (Å²) in [6, 6.07) is 14.4. The van der Waals surface area contributed by atoms with E-state index in [2.05, 4.69) is 40.4 Å². The van der Waals surface area contributed by atoms with Crippen LogP contribution in [0.3, 0.4) is 0 Å². The Kier molecular flexibility index (Phi) is 3.64. The van der Waals surface area contributed by atoms with E-state index in [4.69, 9.17) is 16.6 Å². The fourth-order valence-corrected chi connectivity index (χ4v) is 6.34. The molecule has 4 heteroatoms. The Labute approximate surface area is 170 Å². The van der Waals surface area contributed by atoms with Crippen molar-refractivity contribution in [2.45, 2.75) is 37.6 Å². The Bertz CT molecular complexity index is 1010. The van der Waals surface area contributed by atoms with Crippen molar-refractivity contribution in [3.63, 3.8) is 0 Å². The van der Waals surface area contributed by atoms with Crippen LogP contribution in [0.1, 0.15) is 37.8 Å². The predicted octanol–water partition coefficient (Wildman–Crippen LogP) is 6.33. The van der Waals surface area contributed by atoms with Crippen molar-refractivity contribution in [1.82, 2.24) is 9.97 Å². The topological polar surface area (TPSA) is 43.9 Å². The maximum absolute atomic E-state index is 6.11. The molecule has 2 aromatic heterocycles. The zero-order valence-corrected chi connectivity index (χ0v) is 16.5. The largest absolute Gasteiger partial charge is 0.360 e. The van der Waals surface area contributed by atoms with Crippen molar-refractivity contribution < 1.29 is 0 Å². The van der Waals surface area contributed by atoms with E-state index in [1.807, 2.05) is 24.4 Å². The fourth-order valence-electron chi connectivity index (χ4n) is 6.21. The molecule has 1 aromatic carbocycles. The number of hydrogen-bond donors (Lipinski definition) is 2. The molecule has 4 aliphatic rings. The molecule has 2 unspecified atom stereocenters. The lowest BCUT2D eigenvalue weighted by molar-refractivity contribution is 0.237. The predicted molar refractivity (Wildman–Crippen MR) is 115 cm³/mol. The number of benzene rings is 1. The molecule has 2 N–H and O–H groups in total. The molecule has 2 heterocycles. The van der Waals surface area contributed by atoms with Gasteiger partial charge < -0.3 is 9.97 Å². The van der Waals surface area contributed by atoms with Gasteiger partial charge in [0, 0.05) is 23.0 Å². The van der Waals surface area contributed by atoms with Gasteiger partial charge in [0.25, 0.3) is 0 Å². The van der Waals surface area contributed by atoms with Gasteiger partial charge in [-0.25, -0.2) is 0 Å². The first-order chi connectivity index (χ1) is 13.7. The number of aliphatic imine (C=N–C) groups is 1. The third-order valence-corrected chi connectivity index (χ3v) is 7.50. The van der Waals surface area contributed by atoms with Crippen molar-refractivity contribution >= 4 is 17.8 Å². The minimum Gasteiger partial charge on any atom is -0.360 e. The average Bonchev–Trinajstić information content (AvgIpc) is 3.44. The van der Waals surface area contributed by atoms with Gasteiger partial charge in [-0.3, -0.25) is 4.99 Å². The Morgan fingerprint density at radius 1 is 1.00 bits per heavy atom. The normalized spacial score (nSPS) is 30.7. The average molecular weight is 390 g/mol. The highest BCUT2D eigenvalue weighted by Gasteiger charge is 2.55. The second kappa shape index (κ2) is 6.12. The van der Waals surface area contributed by atoms with Gasteiger partial charge >= 0.3 is 0 Å². The van der Waals surface area contributed by atoms with Crippen molar-refractivity contribution in [3.05, 3.63) is 59.4 Å². The summed E-state index contributed by atoms with van der Waals surface area (Å²) >= 11 is 6.11. The lowest BCUT2D eigenvalue weighted by Gasteiger charge is -2.34. The minimum absolute atomic E-state index is 0.200. The summed E-state index contributed by atoms with van der Waals surface area (Å²) in [5.41, 5.74) is 5.80. The monoisotopic (exact) mass is 389 g/mol. The highest BCUT2D eigenvalue weighted by molar-refractivity contribution is 6.30. The molecule has 4 aliphatic carbocycles. The molecular weight excluding hydrogens is 366 g/mol. The van der Waals surface area contributed by atoms with Crippen LogP contribution in [0.25, 0.3) is 22.5 Å². The van der Waals surface area contributed by atoms with Crippen LogP contribution in [-0.4, -0.2) is 21.7 Å². The van der Waals surface area contributed by atoms with E-state index < -0.39 is 0 Å². The van der Waals surface area contributed by atoms with Crippen LogP contribution in [-0.2, 0) is 0 Å². The summed E-state index contributed by atoms with van der Waals surface area (Å²) in [7, 11) is 0. The van der Waals surface area contributed by atoms with E-state index in [1.165, 1.54) is 37.7 Å². The van der Waals surface area contributed by atoms with Crippen LogP contribution in [0.5, 0.6) is 0 Å². The third kappa shape index (κ3) is 2.68. The molecule has 4 bridgehead atoms. The second-order valence-electron chi connectivity index (χ2n) is 9.05. The summed E-state index contributed by atoms with van der Waals surface area (Å²) in [6.45, 7) is 0. The molecular formula is C24H24ClN3. The van der Waals surface area contributed by atoms with E-state index in [9.17, 15) is 0 Å².